The Morgan fingerprint density at radius 3 is 2.22 bits per heavy atom. The highest BCUT2D eigenvalue weighted by Gasteiger charge is 2.14. The molecule has 41 heavy (non-hydrogen) atoms. The highest BCUT2D eigenvalue weighted by molar-refractivity contribution is 7.85. The van der Waals surface area contributed by atoms with Gasteiger partial charge in [-0.15, -0.1) is 0 Å². The number of rotatable bonds is 7. The molecule has 0 saturated heterocycles. The first-order valence-corrected chi connectivity index (χ1v) is 14.3. The van der Waals surface area contributed by atoms with Crippen LogP contribution in [0.4, 0.5) is 11.5 Å². The van der Waals surface area contributed by atoms with E-state index in [0.29, 0.717) is 6.54 Å². The van der Waals surface area contributed by atoms with E-state index in [1.54, 1.807) is 36.2 Å². The molecule has 8 nitrogen and oxygen atoms in total. The lowest BCUT2D eigenvalue weighted by Crippen LogP contribution is -2.18. The topological polar surface area (TPSA) is 105 Å². The minimum absolute atomic E-state index is 0.547. The molecule has 5 rings (SSSR count). The average molecular weight is 570 g/mol. The highest BCUT2D eigenvalue weighted by atomic mass is 32.2. The number of aromatic nitrogens is 3. The van der Waals surface area contributed by atoms with E-state index in [2.05, 4.69) is 51.7 Å². The molecule has 2 aromatic carbocycles. The summed E-state index contributed by atoms with van der Waals surface area (Å²) in [5.74, 6) is 0.778. The zero-order chi connectivity index (χ0) is 30.2. The summed E-state index contributed by atoms with van der Waals surface area (Å²) in [6.07, 6.45) is 6.93. The summed E-state index contributed by atoms with van der Waals surface area (Å²) in [6.45, 7) is 8.55. The van der Waals surface area contributed by atoms with Crippen LogP contribution >= 0.6 is 0 Å². The molecular formula is C32H35N5O3S. The van der Waals surface area contributed by atoms with Crippen LogP contribution in [0.2, 0.25) is 0 Å². The highest BCUT2D eigenvalue weighted by Crippen LogP contribution is 2.36. The van der Waals surface area contributed by atoms with Gasteiger partial charge < -0.3 is 14.9 Å². The SMILES string of the molecule is C=O.C=O.CC.CN(c1cncc(-c2cc3cccc(-c4ccccc4)c3c(NCc3ccccn3)n2)c1)S(C)=O. The van der Waals surface area contributed by atoms with E-state index >= 15 is 0 Å². The number of pyridine rings is 3. The molecule has 212 valence electrons. The van der Waals surface area contributed by atoms with Crippen molar-refractivity contribution >= 4 is 46.8 Å². The molecule has 0 fully saturated rings. The van der Waals surface area contributed by atoms with E-state index in [-0.39, 0.29) is 0 Å². The summed E-state index contributed by atoms with van der Waals surface area (Å²) in [4.78, 5) is 29.9. The standard InChI is InChI=1S/C28H25N5OS.C2H6.2CH2O/c1-33(35(2)34)24-15-22(17-29-19-24)26-16-21-11-8-13-25(20-9-4-3-5-10-20)27(21)28(32-26)31-18-23-12-6-7-14-30-23;3*1-2/h3-17,19H,18H2,1-2H3,(H,31,32);1-2H3;2*1H2. The number of fused-ring (bicyclic) bond motifs is 1. The molecule has 1 N–H and O–H groups in total. The fourth-order valence-corrected chi connectivity index (χ4v) is 4.41. The van der Waals surface area contributed by atoms with Crippen molar-refractivity contribution in [2.24, 2.45) is 0 Å². The first kappa shape index (κ1) is 32.5. The Hall–Kier alpha value is -4.76. The van der Waals surface area contributed by atoms with Crippen LogP contribution in [0.1, 0.15) is 19.5 Å². The van der Waals surface area contributed by atoms with Gasteiger partial charge in [-0.2, -0.15) is 0 Å². The van der Waals surface area contributed by atoms with E-state index in [9.17, 15) is 4.21 Å². The maximum absolute atomic E-state index is 12.0. The van der Waals surface area contributed by atoms with Gasteiger partial charge in [-0.05, 0) is 40.8 Å². The first-order chi connectivity index (χ1) is 20.1. The molecule has 0 aliphatic carbocycles. The van der Waals surface area contributed by atoms with Crippen molar-refractivity contribution in [3.63, 3.8) is 0 Å². The Morgan fingerprint density at radius 2 is 1.56 bits per heavy atom. The van der Waals surface area contributed by atoms with Gasteiger partial charge in [0.1, 0.15) is 30.4 Å². The van der Waals surface area contributed by atoms with Gasteiger partial charge in [-0.3, -0.25) is 14.3 Å². The lowest BCUT2D eigenvalue weighted by molar-refractivity contribution is -0.0987. The predicted octanol–water partition coefficient (Wildman–Crippen LogP) is 6.36. The third-order valence-electron chi connectivity index (χ3n) is 5.87. The lowest BCUT2D eigenvalue weighted by Gasteiger charge is -2.17. The molecule has 5 aromatic rings. The number of carbonyl (C=O) groups excluding carboxylic acids is 2. The van der Waals surface area contributed by atoms with Crippen LogP contribution in [-0.2, 0) is 27.1 Å². The molecule has 3 heterocycles. The summed E-state index contributed by atoms with van der Waals surface area (Å²) in [5.41, 5.74) is 5.58. The van der Waals surface area contributed by atoms with Gasteiger partial charge in [-0.25, -0.2) is 9.19 Å². The zero-order valence-corrected chi connectivity index (χ0v) is 24.6. The molecule has 0 amide bonds. The number of hydrogen-bond donors (Lipinski definition) is 1. The normalized spacial score (nSPS) is 10.4. The van der Waals surface area contributed by atoms with Crippen LogP contribution in [0.5, 0.6) is 0 Å². The largest absolute Gasteiger partial charge is 0.364 e. The minimum atomic E-state index is -1.15. The quantitative estimate of drug-likeness (QED) is 0.243. The number of nitrogens with one attached hydrogen (secondary N) is 1. The monoisotopic (exact) mass is 569 g/mol. The Morgan fingerprint density at radius 1 is 0.854 bits per heavy atom. The van der Waals surface area contributed by atoms with Gasteiger partial charge in [0.15, 0.2) is 0 Å². The number of carbonyl (C=O) groups is 2. The smallest absolute Gasteiger partial charge is 0.135 e. The van der Waals surface area contributed by atoms with Crippen molar-refractivity contribution in [1.29, 1.82) is 0 Å². The van der Waals surface area contributed by atoms with Crippen LogP contribution in [0.15, 0.2) is 97.5 Å². The fraction of sp³-hybridized carbons (Fsp3) is 0.156. The van der Waals surface area contributed by atoms with E-state index in [4.69, 9.17) is 14.6 Å². The maximum Gasteiger partial charge on any atom is 0.135 e. The molecule has 0 aliphatic heterocycles. The number of benzene rings is 2. The summed E-state index contributed by atoms with van der Waals surface area (Å²) >= 11 is 0. The Bertz CT molecular complexity index is 1530. The van der Waals surface area contributed by atoms with Gasteiger partial charge in [0.2, 0.25) is 0 Å². The summed E-state index contributed by atoms with van der Waals surface area (Å²) < 4.78 is 13.7. The Balaban J connectivity index is 0.000000921. The molecular weight excluding hydrogens is 534 g/mol. The van der Waals surface area contributed by atoms with Crippen LogP contribution in [0.3, 0.4) is 0 Å². The molecule has 0 radical (unpaired) electrons. The molecule has 0 saturated carbocycles. The second kappa shape index (κ2) is 17.0. The van der Waals surface area contributed by atoms with Crippen molar-refractivity contribution in [1.82, 2.24) is 15.0 Å². The summed E-state index contributed by atoms with van der Waals surface area (Å²) in [7, 11) is 0.641. The minimum Gasteiger partial charge on any atom is -0.364 e. The zero-order valence-electron chi connectivity index (χ0n) is 23.8. The van der Waals surface area contributed by atoms with Crippen LogP contribution in [0, 0.1) is 0 Å². The van der Waals surface area contributed by atoms with Crippen molar-refractivity contribution in [3.05, 3.63) is 103 Å². The molecule has 0 aliphatic rings. The van der Waals surface area contributed by atoms with Gasteiger partial charge in [0.05, 0.1) is 29.8 Å². The third-order valence-corrected chi connectivity index (χ3v) is 6.86. The second-order valence-corrected chi connectivity index (χ2v) is 9.55. The van der Waals surface area contributed by atoms with E-state index in [1.165, 1.54) is 0 Å². The first-order valence-electron chi connectivity index (χ1n) is 12.8. The summed E-state index contributed by atoms with van der Waals surface area (Å²) in [6, 6.07) is 26.5. The van der Waals surface area contributed by atoms with Gasteiger partial charge in [0, 0.05) is 36.6 Å². The van der Waals surface area contributed by atoms with Crippen molar-refractivity contribution in [2.45, 2.75) is 20.4 Å². The number of nitrogens with zero attached hydrogens (tertiary/aromatic N) is 4. The van der Waals surface area contributed by atoms with Crippen molar-refractivity contribution in [2.75, 3.05) is 22.9 Å². The molecule has 9 heteroatoms. The lowest BCUT2D eigenvalue weighted by atomic mass is 9.97. The van der Waals surface area contributed by atoms with Crippen molar-refractivity contribution < 1.29 is 13.8 Å². The number of hydrogen-bond acceptors (Lipinski definition) is 7. The summed E-state index contributed by atoms with van der Waals surface area (Å²) in [5, 5.41) is 5.64. The second-order valence-electron chi connectivity index (χ2n) is 8.15. The van der Waals surface area contributed by atoms with Gasteiger partial charge >= 0.3 is 0 Å². The molecule has 3 aromatic heterocycles. The van der Waals surface area contributed by atoms with E-state index in [0.717, 1.165) is 50.4 Å². The van der Waals surface area contributed by atoms with Crippen LogP contribution in [-0.4, -0.2) is 46.0 Å². The molecule has 0 spiro atoms. The van der Waals surface area contributed by atoms with Crippen LogP contribution < -0.4 is 9.62 Å². The molecule has 1 unspecified atom stereocenters. The molecule has 0 bridgehead atoms. The van der Waals surface area contributed by atoms with Gasteiger partial charge in [0.25, 0.3) is 0 Å². The third kappa shape index (κ3) is 8.36. The Kier molecular flexibility index (Phi) is 13.5. The van der Waals surface area contributed by atoms with Crippen molar-refractivity contribution in [3.8, 4) is 22.4 Å². The number of anilines is 2. The van der Waals surface area contributed by atoms with E-state index in [1.807, 2.05) is 69.9 Å². The fourth-order valence-electron chi connectivity index (χ4n) is 4.01. The average Bonchev–Trinajstić information content (AvgIpc) is 3.06. The van der Waals surface area contributed by atoms with Gasteiger partial charge in [-0.1, -0.05) is 68.4 Å². The molecule has 1 atom stereocenters. The van der Waals surface area contributed by atoms with E-state index < -0.39 is 11.0 Å². The maximum atomic E-state index is 12.0. The predicted molar refractivity (Wildman–Crippen MR) is 170 cm³/mol. The Labute approximate surface area is 244 Å². The van der Waals surface area contributed by atoms with Crippen LogP contribution in [0.25, 0.3) is 33.2 Å².